The third-order valence-electron chi connectivity index (χ3n) is 3.75. The number of hydrogen-bond donors (Lipinski definition) is 2. The maximum Gasteiger partial charge on any atom is 0.224 e. The minimum Gasteiger partial charge on any atom is -0.326 e. The fourth-order valence-corrected chi connectivity index (χ4v) is 2.65. The molecule has 0 aliphatic carbocycles. The van der Waals surface area contributed by atoms with Crippen LogP contribution in [0.5, 0.6) is 0 Å². The molecule has 0 atom stereocenters. The number of aromatic nitrogens is 1. The Morgan fingerprint density at radius 1 is 1.24 bits per heavy atom. The second-order valence-corrected chi connectivity index (χ2v) is 5.24. The Bertz CT molecular complexity index is 625. The van der Waals surface area contributed by atoms with E-state index in [1.165, 1.54) is 11.1 Å². The standard InChI is InChI=1S/C17H19N3O/c21-17(8-7-14-5-1-2-10-19-14)20-16-6-3-4-13-12-18-11-9-15(13)16/h1-6,10,18H,7-9,11-12H2,(H,20,21). The van der Waals surface area contributed by atoms with Crippen molar-refractivity contribution in [2.75, 3.05) is 11.9 Å². The predicted molar refractivity (Wildman–Crippen MR) is 83.0 cm³/mol. The molecule has 21 heavy (non-hydrogen) atoms. The van der Waals surface area contributed by atoms with Crippen LogP contribution in [-0.4, -0.2) is 17.4 Å². The average Bonchev–Trinajstić information content (AvgIpc) is 2.54. The highest BCUT2D eigenvalue weighted by atomic mass is 16.1. The molecule has 1 aliphatic rings. The summed E-state index contributed by atoms with van der Waals surface area (Å²) in [5.41, 5.74) is 4.46. The molecule has 108 valence electrons. The molecule has 2 heterocycles. The molecule has 0 spiro atoms. The minimum atomic E-state index is 0.0487. The first-order valence-corrected chi connectivity index (χ1v) is 7.34. The Labute approximate surface area is 124 Å². The van der Waals surface area contributed by atoms with Gasteiger partial charge in [0.1, 0.15) is 0 Å². The first kappa shape index (κ1) is 13.8. The molecule has 0 saturated carbocycles. The van der Waals surface area contributed by atoms with Crippen molar-refractivity contribution in [2.45, 2.75) is 25.8 Å². The summed E-state index contributed by atoms with van der Waals surface area (Å²) in [6.07, 6.45) is 3.85. The fourth-order valence-electron chi connectivity index (χ4n) is 2.65. The van der Waals surface area contributed by atoms with Gasteiger partial charge < -0.3 is 10.6 Å². The summed E-state index contributed by atoms with van der Waals surface area (Å²) in [5, 5.41) is 6.39. The summed E-state index contributed by atoms with van der Waals surface area (Å²) >= 11 is 0. The highest BCUT2D eigenvalue weighted by molar-refractivity contribution is 5.91. The van der Waals surface area contributed by atoms with E-state index in [9.17, 15) is 4.79 Å². The van der Waals surface area contributed by atoms with Crippen LogP contribution in [0.25, 0.3) is 0 Å². The maximum atomic E-state index is 12.1. The monoisotopic (exact) mass is 281 g/mol. The van der Waals surface area contributed by atoms with Crippen molar-refractivity contribution in [1.29, 1.82) is 0 Å². The Kier molecular flexibility index (Phi) is 4.26. The van der Waals surface area contributed by atoms with Crippen molar-refractivity contribution in [3.63, 3.8) is 0 Å². The summed E-state index contributed by atoms with van der Waals surface area (Å²) < 4.78 is 0. The van der Waals surface area contributed by atoms with Crippen LogP contribution in [0.15, 0.2) is 42.6 Å². The number of aryl methyl sites for hydroxylation is 1. The Balaban J connectivity index is 1.63. The number of anilines is 1. The van der Waals surface area contributed by atoms with Crippen molar-refractivity contribution in [3.05, 3.63) is 59.4 Å². The van der Waals surface area contributed by atoms with Crippen molar-refractivity contribution >= 4 is 11.6 Å². The Hall–Kier alpha value is -2.20. The fraction of sp³-hybridized carbons (Fsp3) is 0.294. The summed E-state index contributed by atoms with van der Waals surface area (Å²) in [6.45, 7) is 1.85. The molecule has 2 N–H and O–H groups in total. The topological polar surface area (TPSA) is 54.0 Å². The van der Waals surface area contributed by atoms with Crippen LogP contribution in [0.2, 0.25) is 0 Å². The SMILES string of the molecule is O=C(CCc1ccccn1)Nc1cccc2c1CCNC2. The van der Waals surface area contributed by atoms with Gasteiger partial charge in [0.2, 0.25) is 5.91 Å². The van der Waals surface area contributed by atoms with Crippen LogP contribution in [0.4, 0.5) is 5.69 Å². The highest BCUT2D eigenvalue weighted by Gasteiger charge is 2.14. The number of pyridine rings is 1. The van der Waals surface area contributed by atoms with E-state index in [0.717, 1.165) is 30.9 Å². The van der Waals surface area contributed by atoms with Crippen LogP contribution in [0, 0.1) is 0 Å². The molecule has 0 saturated heterocycles. The number of carbonyl (C=O) groups excluding carboxylic acids is 1. The van der Waals surface area contributed by atoms with Gasteiger partial charge in [0, 0.05) is 30.5 Å². The zero-order valence-corrected chi connectivity index (χ0v) is 11.9. The minimum absolute atomic E-state index is 0.0487. The molecule has 1 aliphatic heterocycles. The number of nitrogens with zero attached hydrogens (tertiary/aromatic N) is 1. The summed E-state index contributed by atoms with van der Waals surface area (Å²) in [5.74, 6) is 0.0487. The zero-order chi connectivity index (χ0) is 14.5. The summed E-state index contributed by atoms with van der Waals surface area (Å²) in [7, 11) is 0. The van der Waals surface area contributed by atoms with E-state index in [0.29, 0.717) is 12.8 Å². The number of carbonyl (C=O) groups is 1. The number of hydrogen-bond acceptors (Lipinski definition) is 3. The lowest BCUT2D eigenvalue weighted by atomic mass is 9.99. The molecular formula is C17H19N3O. The predicted octanol–water partition coefficient (Wildman–Crippen LogP) is 2.30. The van der Waals surface area contributed by atoms with E-state index in [1.54, 1.807) is 6.20 Å². The third kappa shape index (κ3) is 3.47. The molecule has 0 bridgehead atoms. The smallest absolute Gasteiger partial charge is 0.224 e. The van der Waals surface area contributed by atoms with Crippen LogP contribution >= 0.6 is 0 Å². The Morgan fingerprint density at radius 3 is 3.05 bits per heavy atom. The lowest BCUT2D eigenvalue weighted by molar-refractivity contribution is -0.116. The largest absolute Gasteiger partial charge is 0.326 e. The van der Waals surface area contributed by atoms with E-state index in [-0.39, 0.29) is 5.91 Å². The lowest BCUT2D eigenvalue weighted by Gasteiger charge is -2.20. The zero-order valence-electron chi connectivity index (χ0n) is 11.9. The van der Waals surface area contributed by atoms with Gasteiger partial charge in [-0.05, 0) is 48.7 Å². The number of rotatable bonds is 4. The van der Waals surface area contributed by atoms with Crippen molar-refractivity contribution in [2.24, 2.45) is 0 Å². The van der Waals surface area contributed by atoms with Crippen molar-refractivity contribution in [1.82, 2.24) is 10.3 Å². The molecule has 0 radical (unpaired) electrons. The van der Waals surface area contributed by atoms with Gasteiger partial charge in [-0.25, -0.2) is 0 Å². The van der Waals surface area contributed by atoms with E-state index in [4.69, 9.17) is 0 Å². The highest BCUT2D eigenvalue weighted by Crippen LogP contribution is 2.23. The summed E-state index contributed by atoms with van der Waals surface area (Å²) in [4.78, 5) is 16.4. The molecule has 1 amide bonds. The Morgan fingerprint density at radius 2 is 2.19 bits per heavy atom. The quantitative estimate of drug-likeness (QED) is 0.904. The molecule has 3 rings (SSSR count). The van der Waals surface area contributed by atoms with Gasteiger partial charge in [-0.1, -0.05) is 18.2 Å². The first-order chi connectivity index (χ1) is 10.3. The van der Waals surface area contributed by atoms with Crippen LogP contribution in [0.1, 0.15) is 23.2 Å². The maximum absolute atomic E-state index is 12.1. The molecule has 1 aromatic heterocycles. The lowest BCUT2D eigenvalue weighted by Crippen LogP contribution is -2.25. The molecule has 0 fully saturated rings. The number of amides is 1. The van der Waals surface area contributed by atoms with Gasteiger partial charge in [0.25, 0.3) is 0 Å². The molecule has 0 unspecified atom stereocenters. The van der Waals surface area contributed by atoms with Crippen LogP contribution in [-0.2, 0) is 24.2 Å². The van der Waals surface area contributed by atoms with Crippen LogP contribution in [0.3, 0.4) is 0 Å². The molecule has 1 aromatic carbocycles. The van der Waals surface area contributed by atoms with Gasteiger partial charge >= 0.3 is 0 Å². The first-order valence-electron chi connectivity index (χ1n) is 7.34. The van der Waals surface area contributed by atoms with E-state index >= 15 is 0 Å². The van der Waals surface area contributed by atoms with Gasteiger partial charge in [0.05, 0.1) is 0 Å². The normalized spacial score (nSPS) is 13.5. The van der Waals surface area contributed by atoms with Gasteiger partial charge in [-0.3, -0.25) is 9.78 Å². The number of fused-ring (bicyclic) bond motifs is 1. The second kappa shape index (κ2) is 6.50. The van der Waals surface area contributed by atoms with E-state index < -0.39 is 0 Å². The van der Waals surface area contributed by atoms with Gasteiger partial charge in [0.15, 0.2) is 0 Å². The third-order valence-corrected chi connectivity index (χ3v) is 3.75. The van der Waals surface area contributed by atoms with Gasteiger partial charge in [-0.2, -0.15) is 0 Å². The molecule has 4 nitrogen and oxygen atoms in total. The van der Waals surface area contributed by atoms with E-state index in [1.807, 2.05) is 30.3 Å². The van der Waals surface area contributed by atoms with Gasteiger partial charge in [-0.15, -0.1) is 0 Å². The summed E-state index contributed by atoms with van der Waals surface area (Å²) in [6, 6.07) is 11.9. The molecule has 2 aromatic rings. The van der Waals surface area contributed by atoms with Crippen LogP contribution < -0.4 is 10.6 Å². The van der Waals surface area contributed by atoms with Crippen molar-refractivity contribution < 1.29 is 4.79 Å². The van der Waals surface area contributed by atoms with E-state index in [2.05, 4.69) is 21.7 Å². The number of nitrogens with one attached hydrogen (secondary N) is 2. The second-order valence-electron chi connectivity index (χ2n) is 5.24. The number of benzene rings is 1. The molecule has 4 heteroatoms. The average molecular weight is 281 g/mol. The van der Waals surface area contributed by atoms with Crippen molar-refractivity contribution in [3.8, 4) is 0 Å². The molecular weight excluding hydrogens is 262 g/mol.